The summed E-state index contributed by atoms with van der Waals surface area (Å²) < 4.78 is 14.8. The minimum absolute atomic E-state index is 0.0567. The smallest absolute Gasteiger partial charge is 0.246 e. The molecule has 47 heavy (non-hydrogen) atoms. The van der Waals surface area contributed by atoms with Gasteiger partial charge in [0.15, 0.2) is 22.9 Å². The standard InChI is InChI=1S/C34H41N9O3S/c1-18(22-8-6-14-41(22)3)43-31-24-30(42-17-33(2,44)13-10-19(42)16-45-32(24)39-43)37-29(38-31)26-20-7-4-11-34(27(20)46-40-26)12-5-9-23-25(34)21(15-35)28(36)47-23/h18-19,22,44H,4-14,16-17,36H2,1-3H3. The van der Waals surface area contributed by atoms with Crippen molar-refractivity contribution < 1.29 is 14.4 Å². The molecule has 0 radical (unpaired) electrons. The highest BCUT2D eigenvalue weighted by molar-refractivity contribution is 7.16. The first-order valence-electron chi connectivity index (χ1n) is 17.1. The van der Waals surface area contributed by atoms with Crippen molar-refractivity contribution in [2.75, 3.05) is 37.4 Å². The number of nitriles is 1. The molecule has 3 aliphatic heterocycles. The number of aliphatic hydroxyl groups is 1. The first-order chi connectivity index (χ1) is 22.7. The summed E-state index contributed by atoms with van der Waals surface area (Å²) in [6, 6.07) is 2.86. The summed E-state index contributed by atoms with van der Waals surface area (Å²) in [7, 11) is 2.18. The van der Waals surface area contributed by atoms with Crippen LogP contribution in [0.2, 0.25) is 0 Å². The summed E-state index contributed by atoms with van der Waals surface area (Å²) in [5.41, 5.74) is 9.15. The van der Waals surface area contributed by atoms with Crippen LogP contribution >= 0.6 is 11.3 Å². The first kappa shape index (κ1) is 29.4. The van der Waals surface area contributed by atoms with E-state index in [0.29, 0.717) is 53.6 Å². The maximum Gasteiger partial charge on any atom is 0.246 e. The quantitative estimate of drug-likeness (QED) is 0.315. The molecule has 13 heteroatoms. The van der Waals surface area contributed by atoms with Crippen molar-refractivity contribution in [2.24, 2.45) is 0 Å². The molecule has 3 N–H and O–H groups in total. The van der Waals surface area contributed by atoms with Gasteiger partial charge in [-0.15, -0.1) is 16.4 Å². The van der Waals surface area contributed by atoms with E-state index in [4.69, 9.17) is 35.2 Å². The number of rotatable bonds is 3. The predicted molar refractivity (Wildman–Crippen MR) is 178 cm³/mol. The topological polar surface area (TPSA) is 155 Å². The maximum atomic E-state index is 11.2. The number of piperidine rings is 1. The predicted octanol–water partition coefficient (Wildman–Crippen LogP) is 4.72. The Morgan fingerprint density at radius 2 is 1.98 bits per heavy atom. The SMILES string of the molecule is CC(C1CCCN1C)n1nc2c3c(nc(-c4noc5c4CCCC54CCCc5sc(N)c(C#N)c54)nc31)N1CC(C)(O)CCC1CO2. The monoisotopic (exact) mass is 655 g/mol. The molecule has 5 unspecified atom stereocenters. The van der Waals surface area contributed by atoms with Gasteiger partial charge in [-0.1, -0.05) is 5.16 Å². The zero-order valence-electron chi connectivity index (χ0n) is 27.3. The molecule has 4 aromatic heterocycles. The van der Waals surface area contributed by atoms with Crippen molar-refractivity contribution in [3.8, 4) is 23.5 Å². The van der Waals surface area contributed by atoms with Gasteiger partial charge in [-0.05, 0) is 97.2 Å². The second-order valence-electron chi connectivity index (χ2n) is 14.8. The number of nitrogens with zero attached hydrogens (tertiary/aromatic N) is 8. The van der Waals surface area contributed by atoms with E-state index in [1.54, 1.807) is 11.3 Å². The Labute approximate surface area is 277 Å². The molecule has 0 aromatic carbocycles. The van der Waals surface area contributed by atoms with Crippen LogP contribution in [0.4, 0.5) is 10.8 Å². The lowest BCUT2D eigenvalue weighted by atomic mass is 9.63. The third-order valence-electron chi connectivity index (χ3n) is 11.7. The van der Waals surface area contributed by atoms with Crippen LogP contribution in [0.5, 0.6) is 5.88 Å². The number of ether oxygens (including phenoxy) is 1. The highest BCUT2D eigenvalue weighted by atomic mass is 32.1. The number of likely N-dealkylation sites (tertiary alicyclic amines) is 1. The van der Waals surface area contributed by atoms with Crippen LogP contribution in [0.1, 0.15) is 98.6 Å². The van der Waals surface area contributed by atoms with Gasteiger partial charge < -0.3 is 29.9 Å². The van der Waals surface area contributed by atoms with Gasteiger partial charge >= 0.3 is 0 Å². The zero-order valence-corrected chi connectivity index (χ0v) is 28.1. The number of anilines is 2. The molecule has 0 bridgehead atoms. The van der Waals surface area contributed by atoms with Crippen LogP contribution in [0.3, 0.4) is 0 Å². The minimum Gasteiger partial charge on any atom is -0.474 e. The van der Waals surface area contributed by atoms with Crippen LogP contribution in [0.25, 0.3) is 22.6 Å². The van der Waals surface area contributed by atoms with Gasteiger partial charge in [0, 0.05) is 23.0 Å². The highest BCUT2D eigenvalue weighted by Gasteiger charge is 2.49. The molecule has 0 amide bonds. The molecule has 1 spiro atoms. The van der Waals surface area contributed by atoms with E-state index >= 15 is 0 Å². The summed E-state index contributed by atoms with van der Waals surface area (Å²) in [5, 5.41) is 32.6. The van der Waals surface area contributed by atoms with Crippen LogP contribution in [0.15, 0.2) is 4.52 Å². The fourth-order valence-electron chi connectivity index (χ4n) is 9.42. The molecule has 7 heterocycles. The van der Waals surface area contributed by atoms with Gasteiger partial charge in [0.05, 0.1) is 28.7 Å². The average molecular weight is 656 g/mol. The van der Waals surface area contributed by atoms with Crippen molar-refractivity contribution in [3.05, 3.63) is 27.3 Å². The molecule has 2 saturated heterocycles. The minimum atomic E-state index is -0.854. The second-order valence-corrected chi connectivity index (χ2v) is 15.9. The van der Waals surface area contributed by atoms with E-state index in [1.165, 1.54) is 4.88 Å². The van der Waals surface area contributed by atoms with E-state index in [9.17, 15) is 10.4 Å². The summed E-state index contributed by atoms with van der Waals surface area (Å²) in [6.45, 7) is 6.09. The van der Waals surface area contributed by atoms with Gasteiger partial charge in [-0.2, -0.15) is 5.26 Å². The summed E-state index contributed by atoms with van der Waals surface area (Å²) >= 11 is 1.55. The maximum absolute atomic E-state index is 11.2. The van der Waals surface area contributed by atoms with Gasteiger partial charge in [0.2, 0.25) is 5.88 Å². The molecule has 4 aromatic rings. The molecule has 5 aliphatic rings. The van der Waals surface area contributed by atoms with Crippen LogP contribution in [-0.4, -0.2) is 79.3 Å². The first-order valence-corrected chi connectivity index (χ1v) is 17.9. The molecule has 9 rings (SSSR count). The molecular weight excluding hydrogens is 615 g/mol. The lowest BCUT2D eigenvalue weighted by Crippen LogP contribution is -2.53. The Bertz CT molecular complexity index is 1950. The van der Waals surface area contributed by atoms with Crippen molar-refractivity contribution in [3.63, 3.8) is 0 Å². The molecule has 2 fully saturated rings. The number of nitrogen functional groups attached to an aromatic ring is 1. The number of hydrogen-bond acceptors (Lipinski definition) is 12. The van der Waals surface area contributed by atoms with Gasteiger partial charge in [-0.25, -0.2) is 14.6 Å². The molecule has 5 atom stereocenters. The van der Waals surface area contributed by atoms with E-state index in [1.807, 2.05) is 11.6 Å². The number of hydrogen-bond donors (Lipinski definition) is 2. The van der Waals surface area contributed by atoms with Crippen LogP contribution in [0, 0.1) is 11.3 Å². The van der Waals surface area contributed by atoms with E-state index in [2.05, 4.69) is 29.8 Å². The van der Waals surface area contributed by atoms with Gasteiger partial charge in [-0.3, -0.25) is 0 Å². The summed E-state index contributed by atoms with van der Waals surface area (Å²) in [4.78, 5) is 16.3. The number of thiophene rings is 1. The third-order valence-corrected chi connectivity index (χ3v) is 12.8. The Morgan fingerprint density at radius 3 is 2.77 bits per heavy atom. The lowest BCUT2D eigenvalue weighted by molar-refractivity contribution is 0.0321. The Morgan fingerprint density at radius 1 is 1.15 bits per heavy atom. The van der Waals surface area contributed by atoms with Gasteiger partial charge in [0.25, 0.3) is 0 Å². The molecule has 12 nitrogen and oxygen atoms in total. The van der Waals surface area contributed by atoms with Crippen molar-refractivity contribution in [1.82, 2.24) is 29.8 Å². The molecule has 246 valence electrons. The lowest BCUT2D eigenvalue weighted by Gasteiger charge is -2.42. The number of nitrogens with two attached hydrogens (primary N) is 1. The number of fused-ring (bicyclic) bond motifs is 6. The fraction of sp³-hybridized carbons (Fsp3) is 0.618. The molecule has 0 saturated carbocycles. The van der Waals surface area contributed by atoms with E-state index in [0.717, 1.165) is 98.1 Å². The molecular formula is C34H41N9O3S. The number of aryl methyl sites for hydroxylation is 1. The number of aromatic nitrogens is 5. The Hall–Kier alpha value is -3.73. The van der Waals surface area contributed by atoms with E-state index < -0.39 is 11.0 Å². The third kappa shape index (κ3) is 4.23. The average Bonchev–Trinajstić information content (AvgIpc) is 3.82. The van der Waals surface area contributed by atoms with Crippen LogP contribution in [-0.2, 0) is 18.3 Å². The Balaban J connectivity index is 1.24. The largest absolute Gasteiger partial charge is 0.474 e. The van der Waals surface area contributed by atoms with Crippen molar-refractivity contribution in [1.29, 1.82) is 5.26 Å². The van der Waals surface area contributed by atoms with Crippen LogP contribution < -0.4 is 15.4 Å². The normalized spacial score (nSPS) is 29.2. The highest BCUT2D eigenvalue weighted by Crippen LogP contribution is 2.55. The van der Waals surface area contributed by atoms with E-state index in [-0.39, 0.29) is 12.1 Å². The second kappa shape index (κ2) is 10.4. The van der Waals surface area contributed by atoms with Crippen molar-refractivity contribution >= 4 is 33.2 Å². The Kier molecular flexibility index (Phi) is 6.50. The van der Waals surface area contributed by atoms with Crippen molar-refractivity contribution in [2.45, 2.75) is 107 Å². The number of likely N-dealkylation sites (N-methyl/N-ethyl adjacent to an activating group) is 1. The fourth-order valence-corrected chi connectivity index (χ4v) is 10.6. The summed E-state index contributed by atoms with van der Waals surface area (Å²) in [6.07, 6.45) is 9.18. The zero-order chi connectivity index (χ0) is 32.2. The summed E-state index contributed by atoms with van der Waals surface area (Å²) in [5.74, 6) is 2.63. The van der Waals surface area contributed by atoms with Gasteiger partial charge in [0.1, 0.15) is 28.9 Å². The molecule has 2 aliphatic carbocycles.